The summed E-state index contributed by atoms with van der Waals surface area (Å²) in [4.78, 5) is 71.0. The minimum absolute atomic E-state index is 0.0303. The Labute approximate surface area is 354 Å². The monoisotopic (exact) mass is 854 g/mol. The normalized spacial score (nSPS) is 12.2. The number of hydrogen-bond donors (Lipinski definition) is 3. The predicted octanol–water partition coefficient (Wildman–Crippen LogP) is 8.48. The smallest absolute Gasteiger partial charge is 0.363 e. The molecular weight excluding hydrogens is 791 g/mol. The van der Waals surface area contributed by atoms with Crippen LogP contribution in [0, 0.1) is 19.8 Å². The fourth-order valence-corrected chi connectivity index (χ4v) is 7.79. The fraction of sp³-hybridized carbons (Fsp3) is 0.523. The summed E-state index contributed by atoms with van der Waals surface area (Å²) < 4.78 is 36.2. The first-order valence-electron chi connectivity index (χ1n) is 21.0. The summed E-state index contributed by atoms with van der Waals surface area (Å²) in [6.45, 7) is 13.8. The number of rotatable bonds is 28. The molecule has 3 N–H and O–H groups in total. The first-order valence-corrected chi connectivity index (χ1v) is 22.7. The second-order valence-corrected chi connectivity index (χ2v) is 16.5. The number of nitrogens with zero attached hydrogens (tertiary/aromatic N) is 1. The van der Waals surface area contributed by atoms with Gasteiger partial charge in [-0.1, -0.05) is 83.6 Å². The van der Waals surface area contributed by atoms with Crippen LogP contribution in [-0.4, -0.2) is 74.0 Å². The van der Waals surface area contributed by atoms with Crippen molar-refractivity contribution >= 4 is 37.7 Å². The number of carbonyl (C=O) groups excluding carboxylic acids is 5. The summed E-state index contributed by atoms with van der Waals surface area (Å²) in [5.41, 5.74) is 2.71. The molecule has 0 fully saturated rings. The Hall–Kier alpha value is -4.98. The summed E-state index contributed by atoms with van der Waals surface area (Å²) >= 11 is 0. The zero-order valence-corrected chi connectivity index (χ0v) is 37.0. The molecule has 60 heavy (non-hydrogen) atoms. The van der Waals surface area contributed by atoms with Crippen LogP contribution in [0.1, 0.15) is 135 Å². The molecule has 3 rings (SSSR count). The van der Waals surface area contributed by atoms with Crippen LogP contribution in [0.15, 0.2) is 52.9 Å². The molecular formula is C44H63N4O11P. The van der Waals surface area contributed by atoms with E-state index in [2.05, 4.69) is 16.0 Å². The van der Waals surface area contributed by atoms with Gasteiger partial charge < -0.3 is 39.0 Å². The predicted molar refractivity (Wildman–Crippen MR) is 228 cm³/mol. The molecule has 3 aromatic rings. The van der Waals surface area contributed by atoms with Gasteiger partial charge in [-0.05, 0) is 82.3 Å². The Kier molecular flexibility index (Phi) is 21.1. The number of aryl methyl sites for hydroxylation is 2. The summed E-state index contributed by atoms with van der Waals surface area (Å²) in [6, 6.07) is 12.4. The number of unbranched alkanes of at least 4 members (excludes halogenated alkanes) is 4. The lowest BCUT2D eigenvalue weighted by molar-refractivity contribution is -0.171. The van der Waals surface area contributed by atoms with Crippen molar-refractivity contribution in [2.24, 2.45) is 5.92 Å². The van der Waals surface area contributed by atoms with Crippen LogP contribution >= 0.6 is 7.60 Å². The molecule has 0 aliphatic heterocycles. The van der Waals surface area contributed by atoms with Gasteiger partial charge in [0.05, 0.1) is 49.6 Å². The van der Waals surface area contributed by atoms with Crippen molar-refractivity contribution < 1.29 is 51.6 Å². The van der Waals surface area contributed by atoms with Gasteiger partial charge in [-0.25, -0.2) is 4.79 Å². The Bertz CT molecular complexity index is 1900. The van der Waals surface area contributed by atoms with E-state index >= 15 is 0 Å². The molecule has 330 valence electrons. The van der Waals surface area contributed by atoms with E-state index in [1.54, 1.807) is 57.2 Å². The SMILES string of the molecule is CCCCC[C@@H](C(=O)NCNC(=O)c1ccc(-c2ccc(C(=O)NCP(=O)(OCCCC)OCCCC)c(OCC)c2)o1)[C@@H](CC)N(C=O)OC(=O)c1ccc(C)cc1C. The second-order valence-electron chi connectivity index (χ2n) is 14.4. The molecule has 0 saturated carbocycles. The van der Waals surface area contributed by atoms with Crippen LogP contribution in [0.3, 0.4) is 0 Å². The third-order valence-corrected chi connectivity index (χ3v) is 11.4. The number of furan rings is 1. The lowest BCUT2D eigenvalue weighted by Crippen LogP contribution is -2.49. The Morgan fingerprint density at radius 2 is 1.48 bits per heavy atom. The molecule has 1 heterocycles. The van der Waals surface area contributed by atoms with Gasteiger partial charge in [-0.15, -0.1) is 0 Å². The summed E-state index contributed by atoms with van der Waals surface area (Å²) in [7, 11) is -3.58. The first-order chi connectivity index (χ1) is 28.8. The van der Waals surface area contributed by atoms with Crippen molar-refractivity contribution in [3.05, 3.63) is 76.5 Å². The van der Waals surface area contributed by atoms with E-state index in [1.165, 1.54) is 6.07 Å². The zero-order valence-electron chi connectivity index (χ0n) is 36.1. The van der Waals surface area contributed by atoms with Gasteiger partial charge in [0.25, 0.3) is 11.8 Å². The Morgan fingerprint density at radius 1 is 0.800 bits per heavy atom. The highest BCUT2D eigenvalue weighted by Gasteiger charge is 2.34. The molecule has 0 radical (unpaired) electrons. The molecule has 0 aliphatic carbocycles. The molecule has 16 heteroatoms. The van der Waals surface area contributed by atoms with Gasteiger partial charge in [-0.3, -0.25) is 23.7 Å². The fourth-order valence-electron chi connectivity index (χ4n) is 6.38. The van der Waals surface area contributed by atoms with Crippen molar-refractivity contribution in [1.29, 1.82) is 0 Å². The number of benzene rings is 2. The second kappa shape index (κ2) is 25.6. The van der Waals surface area contributed by atoms with Crippen molar-refractivity contribution in [2.45, 2.75) is 112 Å². The standard InChI is InChI=1S/C44H63N4O11P/c1-8-13-16-17-35(37(11-4)48(30-49)59-44(53)34-20-18-31(6)26-32(34)7)41(50)45-28-46-43(52)39-23-22-38(58-39)33-19-21-36(40(27-33)55-12-5)42(51)47-29-60(54,56-24-14-9-2)57-25-15-10-3/h18-23,26-27,30,35,37H,8-17,24-25,28-29H2,1-7H3,(H,45,50)(H,46,52)(H,47,51)/t35-,37-/m1/s1. The molecule has 0 saturated heterocycles. The van der Waals surface area contributed by atoms with Gasteiger partial charge in [0.1, 0.15) is 17.8 Å². The molecule has 0 aliphatic rings. The van der Waals surface area contributed by atoms with E-state index in [0.717, 1.165) is 36.3 Å². The van der Waals surface area contributed by atoms with Crippen molar-refractivity contribution in [3.8, 4) is 17.1 Å². The van der Waals surface area contributed by atoms with E-state index in [4.69, 9.17) is 23.0 Å². The van der Waals surface area contributed by atoms with Crippen LogP contribution in [0.4, 0.5) is 0 Å². The maximum atomic E-state index is 13.6. The number of hydroxylamine groups is 2. The van der Waals surface area contributed by atoms with Crippen molar-refractivity contribution in [2.75, 3.05) is 32.8 Å². The quantitative estimate of drug-likeness (QED) is 0.0209. The molecule has 0 bridgehead atoms. The number of carbonyl (C=O) groups is 5. The molecule has 2 atom stereocenters. The number of amides is 4. The lowest BCUT2D eigenvalue weighted by Gasteiger charge is -2.32. The number of nitrogens with one attached hydrogen (secondary N) is 3. The minimum Gasteiger partial charge on any atom is -0.493 e. The Balaban J connectivity index is 1.68. The van der Waals surface area contributed by atoms with Crippen molar-refractivity contribution in [1.82, 2.24) is 21.0 Å². The van der Waals surface area contributed by atoms with Gasteiger partial charge >= 0.3 is 13.6 Å². The van der Waals surface area contributed by atoms with Crippen LogP contribution in [0.2, 0.25) is 0 Å². The number of hydrogen-bond acceptors (Lipinski definition) is 11. The summed E-state index contributed by atoms with van der Waals surface area (Å²) in [5.74, 6) is -2.45. The van der Waals surface area contributed by atoms with E-state index in [0.29, 0.717) is 61.0 Å². The Morgan fingerprint density at radius 3 is 2.10 bits per heavy atom. The molecule has 2 aromatic carbocycles. The summed E-state index contributed by atoms with van der Waals surface area (Å²) in [5, 5.41) is 8.98. The van der Waals surface area contributed by atoms with E-state index in [9.17, 15) is 28.5 Å². The highest BCUT2D eigenvalue weighted by molar-refractivity contribution is 7.53. The van der Waals surface area contributed by atoms with Crippen LogP contribution in [0.5, 0.6) is 5.75 Å². The lowest BCUT2D eigenvalue weighted by atomic mass is 9.90. The van der Waals surface area contributed by atoms with Gasteiger partial charge in [0, 0.05) is 5.56 Å². The summed E-state index contributed by atoms with van der Waals surface area (Å²) in [6.07, 6.45) is 6.44. The maximum absolute atomic E-state index is 13.6. The van der Waals surface area contributed by atoms with Crippen LogP contribution in [0.25, 0.3) is 11.3 Å². The molecule has 1 aromatic heterocycles. The van der Waals surface area contributed by atoms with Crippen LogP contribution in [-0.2, 0) is 28.0 Å². The first kappa shape index (κ1) is 49.4. The van der Waals surface area contributed by atoms with Gasteiger partial charge in [0.15, 0.2) is 5.76 Å². The maximum Gasteiger partial charge on any atom is 0.363 e. The zero-order chi connectivity index (χ0) is 44.1. The average molecular weight is 855 g/mol. The van der Waals surface area contributed by atoms with E-state index < -0.39 is 43.2 Å². The molecule has 4 amide bonds. The van der Waals surface area contributed by atoms with Gasteiger partial charge in [0.2, 0.25) is 12.3 Å². The van der Waals surface area contributed by atoms with E-state index in [-0.39, 0.29) is 49.8 Å². The highest BCUT2D eigenvalue weighted by atomic mass is 31.2. The average Bonchev–Trinajstić information content (AvgIpc) is 3.73. The molecule has 15 nitrogen and oxygen atoms in total. The third-order valence-electron chi connectivity index (χ3n) is 9.72. The van der Waals surface area contributed by atoms with Crippen molar-refractivity contribution in [3.63, 3.8) is 0 Å². The van der Waals surface area contributed by atoms with Crippen LogP contribution < -0.4 is 20.7 Å². The topological polar surface area (TPSA) is 192 Å². The molecule has 0 spiro atoms. The third kappa shape index (κ3) is 14.9. The number of ether oxygens (including phenoxy) is 1. The van der Waals surface area contributed by atoms with E-state index in [1.807, 2.05) is 33.8 Å². The largest absolute Gasteiger partial charge is 0.493 e. The minimum atomic E-state index is -3.58. The van der Waals surface area contributed by atoms with Gasteiger partial charge in [-0.2, -0.15) is 5.06 Å². The highest BCUT2D eigenvalue weighted by Crippen LogP contribution is 2.47. The molecule has 0 unspecified atom stereocenters.